The Morgan fingerprint density at radius 1 is 1.25 bits per heavy atom. The van der Waals surface area contributed by atoms with E-state index in [9.17, 15) is 9.59 Å². The van der Waals surface area contributed by atoms with E-state index in [0.717, 1.165) is 18.5 Å². The van der Waals surface area contributed by atoms with Gasteiger partial charge in [-0.2, -0.15) is 0 Å². The van der Waals surface area contributed by atoms with Crippen LogP contribution in [0, 0.1) is 0 Å². The molecule has 1 aromatic rings. The molecule has 0 aliphatic carbocycles. The summed E-state index contributed by atoms with van der Waals surface area (Å²) < 4.78 is 0. The molecule has 0 saturated carbocycles. The first kappa shape index (κ1) is 16.0. The van der Waals surface area contributed by atoms with Crippen LogP contribution >= 0.6 is 0 Å². The molecule has 0 bridgehead atoms. The van der Waals surface area contributed by atoms with Gasteiger partial charge in [-0.25, -0.2) is 4.79 Å². The van der Waals surface area contributed by atoms with Crippen molar-refractivity contribution < 1.29 is 14.7 Å². The summed E-state index contributed by atoms with van der Waals surface area (Å²) in [4.78, 5) is 22.1. The fourth-order valence-electron chi connectivity index (χ4n) is 1.85. The third-order valence-electron chi connectivity index (χ3n) is 2.92. The first-order chi connectivity index (χ1) is 9.51. The van der Waals surface area contributed by atoms with Gasteiger partial charge in [0.15, 0.2) is 0 Å². The monoisotopic (exact) mass is 278 g/mol. The number of carbonyl (C=O) groups is 2. The van der Waals surface area contributed by atoms with Crippen molar-refractivity contribution in [2.24, 2.45) is 0 Å². The van der Waals surface area contributed by atoms with Crippen molar-refractivity contribution in [1.82, 2.24) is 5.32 Å². The van der Waals surface area contributed by atoms with Crippen LogP contribution in [0.3, 0.4) is 0 Å². The number of benzene rings is 1. The summed E-state index contributed by atoms with van der Waals surface area (Å²) in [7, 11) is 0. The molecule has 5 nitrogen and oxygen atoms in total. The molecule has 20 heavy (non-hydrogen) atoms. The highest BCUT2D eigenvalue weighted by atomic mass is 16.4. The number of rotatable bonds is 7. The van der Waals surface area contributed by atoms with E-state index in [-0.39, 0.29) is 18.5 Å². The molecular weight excluding hydrogens is 256 g/mol. The van der Waals surface area contributed by atoms with E-state index < -0.39 is 5.97 Å². The Morgan fingerprint density at radius 3 is 2.45 bits per heavy atom. The normalized spacial score (nSPS) is 11.7. The maximum Gasteiger partial charge on any atom is 0.319 e. The van der Waals surface area contributed by atoms with Crippen molar-refractivity contribution >= 4 is 17.7 Å². The molecule has 3 N–H and O–H groups in total. The zero-order valence-corrected chi connectivity index (χ0v) is 12.0. The van der Waals surface area contributed by atoms with Crippen molar-refractivity contribution in [1.29, 1.82) is 0 Å². The third-order valence-corrected chi connectivity index (χ3v) is 2.92. The van der Waals surface area contributed by atoms with Crippen LogP contribution in [0.2, 0.25) is 0 Å². The number of hydrogen-bond acceptors (Lipinski definition) is 2. The average Bonchev–Trinajstić information content (AvgIpc) is 2.39. The summed E-state index contributed by atoms with van der Waals surface area (Å²) >= 11 is 0. The maximum absolute atomic E-state index is 11.7. The molecule has 0 fully saturated rings. The number of carbonyl (C=O) groups excluding carboxylic acids is 1. The van der Waals surface area contributed by atoms with Crippen molar-refractivity contribution in [2.75, 3.05) is 5.32 Å². The SMILES string of the molecule is CCCc1ccc(NC(=O)NC(C)CCC(=O)O)cc1. The summed E-state index contributed by atoms with van der Waals surface area (Å²) in [5.41, 5.74) is 1.97. The highest BCUT2D eigenvalue weighted by Gasteiger charge is 2.09. The van der Waals surface area contributed by atoms with Crippen LogP contribution in [0.4, 0.5) is 10.5 Å². The van der Waals surface area contributed by atoms with Crippen LogP contribution in [0.5, 0.6) is 0 Å². The van der Waals surface area contributed by atoms with Crippen LogP contribution in [0.15, 0.2) is 24.3 Å². The zero-order chi connectivity index (χ0) is 15.0. The van der Waals surface area contributed by atoms with Crippen LogP contribution in [-0.4, -0.2) is 23.1 Å². The molecule has 2 amide bonds. The highest BCUT2D eigenvalue weighted by Crippen LogP contribution is 2.11. The predicted octanol–water partition coefficient (Wildman–Crippen LogP) is 3.01. The number of hydrogen-bond donors (Lipinski definition) is 3. The second-order valence-electron chi connectivity index (χ2n) is 4.88. The molecule has 1 unspecified atom stereocenters. The van der Waals surface area contributed by atoms with Gasteiger partial charge in [0.25, 0.3) is 0 Å². The van der Waals surface area contributed by atoms with E-state index in [2.05, 4.69) is 17.6 Å². The third kappa shape index (κ3) is 6.22. The molecule has 110 valence electrons. The lowest BCUT2D eigenvalue weighted by Crippen LogP contribution is -2.36. The first-order valence-electron chi connectivity index (χ1n) is 6.89. The second kappa shape index (κ2) is 8.19. The van der Waals surface area contributed by atoms with Gasteiger partial charge >= 0.3 is 12.0 Å². The van der Waals surface area contributed by atoms with Crippen molar-refractivity contribution in [3.8, 4) is 0 Å². The Balaban J connectivity index is 2.39. The molecule has 0 radical (unpaired) electrons. The fraction of sp³-hybridized carbons (Fsp3) is 0.467. The Labute approximate surface area is 119 Å². The summed E-state index contributed by atoms with van der Waals surface area (Å²) in [6.45, 7) is 3.91. The van der Waals surface area contributed by atoms with Crippen LogP contribution < -0.4 is 10.6 Å². The van der Waals surface area contributed by atoms with Gasteiger partial charge in [0.1, 0.15) is 0 Å². The molecule has 1 atom stereocenters. The molecule has 5 heteroatoms. The van der Waals surface area contributed by atoms with Gasteiger partial charge in [-0.05, 0) is 37.5 Å². The fourth-order valence-corrected chi connectivity index (χ4v) is 1.85. The second-order valence-corrected chi connectivity index (χ2v) is 4.88. The summed E-state index contributed by atoms with van der Waals surface area (Å²) in [6.07, 6.45) is 2.58. The minimum atomic E-state index is -0.856. The van der Waals surface area contributed by atoms with Crippen molar-refractivity contribution in [2.45, 2.75) is 45.6 Å². The van der Waals surface area contributed by atoms with Crippen LogP contribution in [0.25, 0.3) is 0 Å². The number of amides is 2. The Morgan fingerprint density at radius 2 is 1.90 bits per heavy atom. The van der Waals surface area contributed by atoms with Crippen LogP contribution in [0.1, 0.15) is 38.7 Å². The van der Waals surface area contributed by atoms with E-state index in [1.54, 1.807) is 6.92 Å². The van der Waals surface area contributed by atoms with Gasteiger partial charge in [0.05, 0.1) is 0 Å². The quantitative estimate of drug-likeness (QED) is 0.717. The van der Waals surface area contributed by atoms with Gasteiger partial charge in [0.2, 0.25) is 0 Å². The highest BCUT2D eigenvalue weighted by molar-refractivity contribution is 5.89. The lowest BCUT2D eigenvalue weighted by molar-refractivity contribution is -0.137. The van der Waals surface area contributed by atoms with Gasteiger partial charge in [-0.15, -0.1) is 0 Å². The number of carboxylic acids is 1. The molecule has 0 aromatic heterocycles. The minimum absolute atomic E-state index is 0.0488. The van der Waals surface area contributed by atoms with E-state index >= 15 is 0 Å². The predicted molar refractivity (Wildman–Crippen MR) is 78.9 cm³/mol. The number of urea groups is 1. The maximum atomic E-state index is 11.7. The molecule has 0 saturated heterocycles. The van der Waals surface area contributed by atoms with Gasteiger partial charge < -0.3 is 15.7 Å². The lowest BCUT2D eigenvalue weighted by atomic mass is 10.1. The molecule has 0 aliphatic heterocycles. The van der Waals surface area contributed by atoms with Crippen molar-refractivity contribution in [3.63, 3.8) is 0 Å². The summed E-state index contributed by atoms with van der Waals surface area (Å²) in [5.74, 6) is -0.856. The van der Waals surface area contributed by atoms with Gasteiger partial charge in [0, 0.05) is 18.2 Å². The smallest absolute Gasteiger partial charge is 0.319 e. The lowest BCUT2D eigenvalue weighted by Gasteiger charge is -2.13. The van der Waals surface area contributed by atoms with Crippen LogP contribution in [-0.2, 0) is 11.2 Å². The molecule has 1 rings (SSSR count). The summed E-state index contributed by atoms with van der Waals surface area (Å²) in [5, 5.41) is 14.0. The minimum Gasteiger partial charge on any atom is -0.481 e. The Kier molecular flexibility index (Phi) is 6.56. The van der Waals surface area contributed by atoms with E-state index in [0.29, 0.717) is 6.42 Å². The van der Waals surface area contributed by atoms with E-state index in [4.69, 9.17) is 5.11 Å². The topological polar surface area (TPSA) is 78.4 Å². The van der Waals surface area contributed by atoms with E-state index in [1.165, 1.54) is 5.56 Å². The summed E-state index contributed by atoms with van der Waals surface area (Å²) in [6, 6.07) is 7.23. The first-order valence-corrected chi connectivity index (χ1v) is 6.89. The number of aliphatic carboxylic acids is 1. The Bertz CT molecular complexity index is 443. The number of aryl methyl sites for hydroxylation is 1. The molecule has 0 heterocycles. The number of anilines is 1. The van der Waals surface area contributed by atoms with Gasteiger partial charge in [-0.3, -0.25) is 4.79 Å². The average molecular weight is 278 g/mol. The Hall–Kier alpha value is -2.04. The molecule has 1 aromatic carbocycles. The molecular formula is C15H22N2O3. The number of nitrogens with one attached hydrogen (secondary N) is 2. The largest absolute Gasteiger partial charge is 0.481 e. The molecule has 0 spiro atoms. The standard InChI is InChI=1S/C15H22N2O3/c1-3-4-12-6-8-13(9-7-12)17-15(20)16-11(2)5-10-14(18)19/h6-9,11H,3-5,10H2,1-2H3,(H,18,19)(H2,16,17,20). The zero-order valence-electron chi connectivity index (χ0n) is 12.0. The number of carboxylic acid groups (broad SMARTS) is 1. The van der Waals surface area contributed by atoms with Gasteiger partial charge in [-0.1, -0.05) is 25.5 Å². The van der Waals surface area contributed by atoms with E-state index in [1.807, 2.05) is 24.3 Å². The molecule has 0 aliphatic rings. The van der Waals surface area contributed by atoms with Crippen molar-refractivity contribution in [3.05, 3.63) is 29.8 Å².